The van der Waals surface area contributed by atoms with E-state index in [1.807, 2.05) is 30.3 Å². The Morgan fingerprint density at radius 2 is 1.74 bits per heavy atom. The largest absolute Gasteiger partial charge is 0.480 e. The van der Waals surface area contributed by atoms with Crippen LogP contribution in [0.1, 0.15) is 18.4 Å². The van der Waals surface area contributed by atoms with Crippen LogP contribution in [0.15, 0.2) is 30.3 Å². The van der Waals surface area contributed by atoms with Crippen LogP contribution in [0.2, 0.25) is 0 Å². The number of carbonyl (C=O) groups is 2. The SMILES string of the molecule is O=C(O)C1(C(=O)O)CC(CNCc2ccccc2)C1. The van der Waals surface area contributed by atoms with Crippen LogP contribution in [0.4, 0.5) is 0 Å². The van der Waals surface area contributed by atoms with E-state index < -0.39 is 17.4 Å². The van der Waals surface area contributed by atoms with Crippen LogP contribution in [0.5, 0.6) is 0 Å². The molecular weight excluding hydrogens is 246 g/mol. The van der Waals surface area contributed by atoms with E-state index >= 15 is 0 Å². The molecule has 0 spiro atoms. The number of rotatable bonds is 6. The van der Waals surface area contributed by atoms with Gasteiger partial charge in [0.25, 0.3) is 0 Å². The Bertz CT molecular complexity index is 450. The number of hydrogen-bond acceptors (Lipinski definition) is 3. The van der Waals surface area contributed by atoms with Crippen molar-refractivity contribution < 1.29 is 19.8 Å². The average Bonchev–Trinajstić information content (AvgIpc) is 2.32. The maximum Gasteiger partial charge on any atom is 0.321 e. The lowest BCUT2D eigenvalue weighted by atomic mass is 9.62. The topological polar surface area (TPSA) is 86.6 Å². The zero-order valence-corrected chi connectivity index (χ0v) is 10.5. The molecule has 1 aliphatic rings. The van der Waals surface area contributed by atoms with Crippen molar-refractivity contribution >= 4 is 11.9 Å². The second-order valence-electron chi connectivity index (χ2n) is 5.08. The van der Waals surface area contributed by atoms with Crippen molar-refractivity contribution in [3.05, 3.63) is 35.9 Å². The van der Waals surface area contributed by atoms with E-state index in [1.54, 1.807) is 0 Å². The highest BCUT2D eigenvalue weighted by atomic mass is 16.4. The van der Waals surface area contributed by atoms with Gasteiger partial charge in [0.15, 0.2) is 5.41 Å². The zero-order valence-electron chi connectivity index (χ0n) is 10.5. The molecule has 1 fully saturated rings. The summed E-state index contributed by atoms with van der Waals surface area (Å²) in [6.45, 7) is 1.36. The summed E-state index contributed by atoms with van der Waals surface area (Å²) in [6, 6.07) is 9.88. The van der Waals surface area contributed by atoms with Gasteiger partial charge in [0.05, 0.1) is 0 Å². The third-order valence-electron chi connectivity index (χ3n) is 3.70. The van der Waals surface area contributed by atoms with Crippen molar-refractivity contribution in [1.82, 2.24) is 5.32 Å². The van der Waals surface area contributed by atoms with Crippen LogP contribution in [-0.2, 0) is 16.1 Å². The lowest BCUT2D eigenvalue weighted by Crippen LogP contribution is -2.52. The summed E-state index contributed by atoms with van der Waals surface area (Å²) in [5, 5.41) is 21.2. The maximum atomic E-state index is 11.0. The van der Waals surface area contributed by atoms with Crippen LogP contribution in [-0.4, -0.2) is 28.7 Å². The van der Waals surface area contributed by atoms with E-state index in [0.29, 0.717) is 13.1 Å². The van der Waals surface area contributed by atoms with Crippen LogP contribution in [0.25, 0.3) is 0 Å². The monoisotopic (exact) mass is 263 g/mol. The standard InChI is InChI=1S/C14H17NO4/c16-12(17)14(13(18)19)6-11(7-14)9-15-8-10-4-2-1-3-5-10/h1-5,11,15H,6-9H2,(H,16,17)(H,18,19). The van der Waals surface area contributed by atoms with Gasteiger partial charge in [0, 0.05) is 6.54 Å². The smallest absolute Gasteiger partial charge is 0.321 e. The zero-order chi connectivity index (χ0) is 13.9. The minimum absolute atomic E-state index is 0.121. The molecule has 19 heavy (non-hydrogen) atoms. The second kappa shape index (κ2) is 5.40. The lowest BCUT2D eigenvalue weighted by molar-refractivity contribution is -0.175. The van der Waals surface area contributed by atoms with Crippen molar-refractivity contribution in [3.8, 4) is 0 Å². The predicted molar refractivity (Wildman–Crippen MR) is 68.6 cm³/mol. The molecule has 0 bridgehead atoms. The third-order valence-corrected chi connectivity index (χ3v) is 3.70. The van der Waals surface area contributed by atoms with Gasteiger partial charge in [-0.25, -0.2) is 0 Å². The maximum absolute atomic E-state index is 11.0. The summed E-state index contributed by atoms with van der Waals surface area (Å²) in [5.74, 6) is -2.32. The number of carboxylic acid groups (broad SMARTS) is 2. The highest BCUT2D eigenvalue weighted by Gasteiger charge is 2.56. The molecule has 0 saturated heterocycles. The molecule has 0 aliphatic heterocycles. The fourth-order valence-corrected chi connectivity index (χ4v) is 2.53. The van der Waals surface area contributed by atoms with Gasteiger partial charge in [-0.15, -0.1) is 0 Å². The molecule has 1 aromatic rings. The molecule has 0 atom stereocenters. The Hall–Kier alpha value is -1.88. The van der Waals surface area contributed by atoms with Gasteiger partial charge in [-0.2, -0.15) is 0 Å². The van der Waals surface area contributed by atoms with Crippen LogP contribution < -0.4 is 5.32 Å². The molecule has 0 unspecified atom stereocenters. The summed E-state index contributed by atoms with van der Waals surface area (Å²) in [6.07, 6.45) is 0.416. The van der Waals surface area contributed by atoms with Gasteiger partial charge in [-0.3, -0.25) is 9.59 Å². The molecule has 5 nitrogen and oxygen atoms in total. The van der Waals surface area contributed by atoms with E-state index in [4.69, 9.17) is 10.2 Å². The van der Waals surface area contributed by atoms with Crippen molar-refractivity contribution in [3.63, 3.8) is 0 Å². The van der Waals surface area contributed by atoms with Gasteiger partial charge < -0.3 is 15.5 Å². The minimum atomic E-state index is -1.56. The molecule has 1 aromatic carbocycles. The first kappa shape index (κ1) is 13.5. The lowest BCUT2D eigenvalue weighted by Gasteiger charge is -2.41. The minimum Gasteiger partial charge on any atom is -0.480 e. The van der Waals surface area contributed by atoms with Gasteiger partial charge in [0.1, 0.15) is 0 Å². The van der Waals surface area contributed by atoms with E-state index in [2.05, 4.69) is 5.32 Å². The second-order valence-corrected chi connectivity index (χ2v) is 5.08. The first-order valence-electron chi connectivity index (χ1n) is 6.26. The molecule has 0 heterocycles. The first-order valence-corrected chi connectivity index (χ1v) is 6.26. The summed E-state index contributed by atoms with van der Waals surface area (Å²) in [4.78, 5) is 22.0. The van der Waals surface area contributed by atoms with Gasteiger partial charge in [-0.1, -0.05) is 30.3 Å². The van der Waals surface area contributed by atoms with Crippen LogP contribution >= 0.6 is 0 Å². The Labute approximate surface area is 111 Å². The molecule has 1 saturated carbocycles. The molecule has 2 rings (SSSR count). The normalized spacial score (nSPS) is 17.7. The highest BCUT2D eigenvalue weighted by Crippen LogP contribution is 2.45. The summed E-state index contributed by atoms with van der Waals surface area (Å²) in [5.41, 5.74) is -0.399. The average molecular weight is 263 g/mol. The van der Waals surface area contributed by atoms with Crippen LogP contribution in [0, 0.1) is 11.3 Å². The summed E-state index contributed by atoms with van der Waals surface area (Å²) >= 11 is 0. The molecule has 1 aliphatic carbocycles. The molecule has 3 N–H and O–H groups in total. The number of benzene rings is 1. The highest BCUT2D eigenvalue weighted by molar-refractivity contribution is 5.99. The van der Waals surface area contributed by atoms with Crippen molar-refractivity contribution in [1.29, 1.82) is 0 Å². The molecule has 5 heteroatoms. The summed E-state index contributed by atoms with van der Waals surface area (Å²) in [7, 11) is 0. The third kappa shape index (κ3) is 2.76. The number of carboxylic acids is 2. The fraction of sp³-hybridized carbons (Fsp3) is 0.429. The van der Waals surface area contributed by atoms with E-state index in [1.165, 1.54) is 0 Å². The van der Waals surface area contributed by atoms with E-state index in [-0.39, 0.29) is 18.8 Å². The Morgan fingerprint density at radius 1 is 1.16 bits per heavy atom. The predicted octanol–water partition coefficient (Wildman–Crippen LogP) is 1.34. The quantitative estimate of drug-likeness (QED) is 0.674. The number of aliphatic carboxylic acids is 2. The van der Waals surface area contributed by atoms with Gasteiger partial charge in [0.2, 0.25) is 0 Å². The van der Waals surface area contributed by atoms with Gasteiger partial charge in [-0.05, 0) is 30.9 Å². The first-order chi connectivity index (χ1) is 9.04. The number of hydrogen-bond donors (Lipinski definition) is 3. The Kier molecular flexibility index (Phi) is 3.85. The van der Waals surface area contributed by atoms with Gasteiger partial charge >= 0.3 is 11.9 Å². The van der Waals surface area contributed by atoms with E-state index in [9.17, 15) is 9.59 Å². The van der Waals surface area contributed by atoms with Crippen molar-refractivity contribution in [2.24, 2.45) is 11.3 Å². The Morgan fingerprint density at radius 3 is 2.26 bits per heavy atom. The van der Waals surface area contributed by atoms with Crippen molar-refractivity contribution in [2.75, 3.05) is 6.54 Å². The molecular formula is C14H17NO4. The van der Waals surface area contributed by atoms with Crippen LogP contribution in [0.3, 0.4) is 0 Å². The number of nitrogens with one attached hydrogen (secondary N) is 1. The van der Waals surface area contributed by atoms with E-state index in [0.717, 1.165) is 5.56 Å². The van der Waals surface area contributed by atoms with Crippen molar-refractivity contribution in [2.45, 2.75) is 19.4 Å². The molecule has 0 amide bonds. The molecule has 0 radical (unpaired) electrons. The molecule has 102 valence electrons. The fourth-order valence-electron chi connectivity index (χ4n) is 2.53. The summed E-state index contributed by atoms with van der Waals surface area (Å²) < 4.78 is 0. The molecule has 0 aromatic heterocycles. The Balaban J connectivity index is 1.76.